The largest absolute Gasteiger partial charge is 0.497 e. The number of rotatable bonds is 5. The van der Waals surface area contributed by atoms with Crippen molar-refractivity contribution in [3.05, 3.63) is 54.1 Å². The van der Waals surface area contributed by atoms with Crippen molar-refractivity contribution in [1.29, 1.82) is 0 Å². The average Bonchev–Trinajstić information content (AvgIpc) is 2.73. The average molecular weight is 396 g/mol. The van der Waals surface area contributed by atoms with E-state index in [1.54, 1.807) is 50.1 Å². The number of hydrogen-bond acceptors (Lipinski definition) is 4. The molecule has 2 aromatic carbocycles. The van der Waals surface area contributed by atoms with Gasteiger partial charge in [-0.2, -0.15) is 0 Å². The van der Waals surface area contributed by atoms with Gasteiger partial charge in [0.15, 0.2) is 0 Å². The molecule has 1 saturated heterocycles. The van der Waals surface area contributed by atoms with Gasteiger partial charge in [-0.3, -0.25) is 9.59 Å². The first-order chi connectivity index (χ1) is 13.8. The van der Waals surface area contributed by atoms with E-state index in [4.69, 9.17) is 4.74 Å². The van der Waals surface area contributed by atoms with Crippen LogP contribution >= 0.6 is 0 Å². The molecule has 29 heavy (non-hydrogen) atoms. The zero-order valence-electron chi connectivity index (χ0n) is 17.6. The van der Waals surface area contributed by atoms with E-state index in [0.29, 0.717) is 24.5 Å². The minimum atomic E-state index is -1.15. The highest BCUT2D eigenvalue weighted by Gasteiger charge is 2.40. The summed E-state index contributed by atoms with van der Waals surface area (Å²) in [4.78, 5) is 29.9. The van der Waals surface area contributed by atoms with Crippen molar-refractivity contribution in [1.82, 2.24) is 4.90 Å². The molecule has 154 valence electrons. The second-order valence-electron chi connectivity index (χ2n) is 7.93. The highest BCUT2D eigenvalue weighted by Crippen LogP contribution is 2.25. The quantitative estimate of drug-likeness (QED) is 0.789. The lowest BCUT2D eigenvalue weighted by Gasteiger charge is -2.39. The molecule has 6 nitrogen and oxygen atoms in total. The second kappa shape index (κ2) is 8.55. The maximum atomic E-state index is 13.1. The summed E-state index contributed by atoms with van der Waals surface area (Å²) < 4.78 is 5.13. The number of amides is 2. The molecule has 1 aliphatic heterocycles. The summed E-state index contributed by atoms with van der Waals surface area (Å²) in [6.07, 6.45) is 0. The number of nitrogens with one attached hydrogen (secondary N) is 1. The van der Waals surface area contributed by atoms with Crippen LogP contribution in [-0.2, 0) is 9.59 Å². The number of aryl methyl sites for hydroxylation is 1. The molecule has 0 spiro atoms. The molecular formula is C23H29N3O3. The van der Waals surface area contributed by atoms with Crippen LogP contribution < -0.4 is 15.0 Å². The predicted molar refractivity (Wildman–Crippen MR) is 115 cm³/mol. The highest BCUT2D eigenvalue weighted by atomic mass is 16.5. The van der Waals surface area contributed by atoms with E-state index in [1.165, 1.54) is 11.3 Å². The number of methoxy groups -OCH3 is 1. The number of piperazine rings is 1. The molecule has 1 fully saturated rings. The summed E-state index contributed by atoms with van der Waals surface area (Å²) in [5.41, 5.74) is 1.89. The van der Waals surface area contributed by atoms with Crippen LogP contribution in [0.2, 0.25) is 0 Å². The molecule has 2 aromatic rings. The minimum absolute atomic E-state index is 0.146. The molecule has 1 aliphatic rings. The van der Waals surface area contributed by atoms with Crippen molar-refractivity contribution >= 4 is 23.2 Å². The van der Waals surface area contributed by atoms with Gasteiger partial charge in [-0.05, 0) is 62.7 Å². The lowest BCUT2D eigenvalue weighted by molar-refractivity contribution is -0.146. The molecule has 1 heterocycles. The van der Waals surface area contributed by atoms with Crippen LogP contribution in [-0.4, -0.2) is 50.0 Å². The summed E-state index contributed by atoms with van der Waals surface area (Å²) in [6.45, 7) is 8.16. The Labute approximate surface area is 172 Å². The number of carbonyl (C=O) groups is 2. The summed E-state index contributed by atoms with van der Waals surface area (Å²) in [5, 5.41) is 2.84. The summed E-state index contributed by atoms with van der Waals surface area (Å²) in [6, 6.07) is 15.4. The Hall–Kier alpha value is -3.02. The smallest absolute Gasteiger partial charge is 0.239 e. The monoisotopic (exact) mass is 395 g/mol. The summed E-state index contributed by atoms with van der Waals surface area (Å²) >= 11 is 0. The van der Waals surface area contributed by atoms with E-state index >= 15 is 0 Å². The SMILES string of the molecule is COc1ccc(NC(=O)C(C)(C)C(=O)N2CCN(c3cccc(C)c3)CC2)cc1. The van der Waals surface area contributed by atoms with E-state index in [0.717, 1.165) is 13.1 Å². The third-order valence-electron chi connectivity index (χ3n) is 5.38. The van der Waals surface area contributed by atoms with Crippen molar-refractivity contribution in [2.75, 3.05) is 43.5 Å². The van der Waals surface area contributed by atoms with Crippen LogP contribution in [0.25, 0.3) is 0 Å². The van der Waals surface area contributed by atoms with E-state index in [9.17, 15) is 9.59 Å². The van der Waals surface area contributed by atoms with Gasteiger partial charge in [-0.25, -0.2) is 0 Å². The van der Waals surface area contributed by atoms with Crippen molar-refractivity contribution < 1.29 is 14.3 Å². The van der Waals surface area contributed by atoms with Gasteiger partial charge in [0, 0.05) is 37.6 Å². The van der Waals surface area contributed by atoms with E-state index < -0.39 is 5.41 Å². The zero-order chi connectivity index (χ0) is 21.0. The van der Waals surface area contributed by atoms with Crippen LogP contribution in [0.5, 0.6) is 5.75 Å². The van der Waals surface area contributed by atoms with Gasteiger partial charge < -0.3 is 19.9 Å². The molecule has 2 amide bonds. The van der Waals surface area contributed by atoms with Crippen molar-refractivity contribution in [3.63, 3.8) is 0 Å². The number of benzene rings is 2. The van der Waals surface area contributed by atoms with Crippen molar-refractivity contribution in [2.24, 2.45) is 5.41 Å². The standard InChI is InChI=1S/C23H29N3O3/c1-17-6-5-7-19(16-17)25-12-14-26(15-13-25)22(28)23(2,3)21(27)24-18-8-10-20(29-4)11-9-18/h5-11,16H,12-15H2,1-4H3,(H,24,27). The Bertz CT molecular complexity index is 869. The van der Waals surface area contributed by atoms with Crippen LogP contribution in [0.3, 0.4) is 0 Å². The van der Waals surface area contributed by atoms with Crippen molar-refractivity contribution in [3.8, 4) is 5.75 Å². The Morgan fingerprint density at radius 1 is 1.00 bits per heavy atom. The molecule has 0 aromatic heterocycles. The molecule has 3 rings (SSSR count). The fourth-order valence-electron chi connectivity index (χ4n) is 3.45. The molecule has 0 atom stereocenters. The van der Waals surface area contributed by atoms with Gasteiger partial charge >= 0.3 is 0 Å². The van der Waals surface area contributed by atoms with Crippen LogP contribution in [0.15, 0.2) is 48.5 Å². The third kappa shape index (κ3) is 4.70. The maximum absolute atomic E-state index is 13.1. The molecule has 0 saturated carbocycles. The van der Waals surface area contributed by atoms with E-state index in [-0.39, 0.29) is 11.8 Å². The van der Waals surface area contributed by atoms with Gasteiger partial charge in [-0.1, -0.05) is 12.1 Å². The summed E-state index contributed by atoms with van der Waals surface area (Å²) in [5.74, 6) is 0.256. The molecule has 0 bridgehead atoms. The number of anilines is 2. The molecule has 1 N–H and O–H groups in total. The van der Waals surface area contributed by atoms with Gasteiger partial charge in [0.25, 0.3) is 0 Å². The fraction of sp³-hybridized carbons (Fsp3) is 0.391. The number of carbonyl (C=O) groups excluding carboxylic acids is 2. The number of ether oxygens (including phenoxy) is 1. The van der Waals surface area contributed by atoms with Gasteiger partial charge in [0.2, 0.25) is 11.8 Å². The van der Waals surface area contributed by atoms with Gasteiger partial charge in [0.05, 0.1) is 7.11 Å². The van der Waals surface area contributed by atoms with Crippen LogP contribution in [0.4, 0.5) is 11.4 Å². The predicted octanol–water partition coefficient (Wildman–Crippen LogP) is 3.32. The summed E-state index contributed by atoms with van der Waals surface area (Å²) in [7, 11) is 1.59. The zero-order valence-corrected chi connectivity index (χ0v) is 17.6. The van der Waals surface area contributed by atoms with Crippen LogP contribution in [0, 0.1) is 12.3 Å². The minimum Gasteiger partial charge on any atom is -0.497 e. The Kier molecular flexibility index (Phi) is 6.11. The Balaban J connectivity index is 1.60. The number of nitrogens with zero attached hydrogens (tertiary/aromatic N) is 2. The maximum Gasteiger partial charge on any atom is 0.239 e. The highest BCUT2D eigenvalue weighted by molar-refractivity contribution is 6.09. The first kappa shape index (κ1) is 20.7. The lowest BCUT2D eigenvalue weighted by Crippen LogP contribution is -2.54. The van der Waals surface area contributed by atoms with E-state index in [2.05, 4.69) is 41.4 Å². The molecule has 0 aliphatic carbocycles. The van der Waals surface area contributed by atoms with E-state index in [1.807, 2.05) is 0 Å². The second-order valence-corrected chi connectivity index (χ2v) is 7.93. The van der Waals surface area contributed by atoms with Crippen LogP contribution in [0.1, 0.15) is 19.4 Å². The fourth-order valence-corrected chi connectivity index (χ4v) is 3.45. The lowest BCUT2D eigenvalue weighted by atomic mass is 9.89. The number of hydrogen-bond donors (Lipinski definition) is 1. The molecule has 0 radical (unpaired) electrons. The molecule has 6 heteroatoms. The van der Waals surface area contributed by atoms with Gasteiger partial charge in [0.1, 0.15) is 11.2 Å². The Morgan fingerprint density at radius 2 is 1.66 bits per heavy atom. The third-order valence-corrected chi connectivity index (χ3v) is 5.38. The molecule has 0 unspecified atom stereocenters. The topological polar surface area (TPSA) is 61.9 Å². The van der Waals surface area contributed by atoms with Crippen molar-refractivity contribution in [2.45, 2.75) is 20.8 Å². The first-order valence-electron chi connectivity index (χ1n) is 9.88. The van der Waals surface area contributed by atoms with Gasteiger partial charge in [-0.15, -0.1) is 0 Å². The first-order valence-corrected chi connectivity index (χ1v) is 9.88. The normalized spacial score (nSPS) is 14.5. The molecular weight excluding hydrogens is 366 g/mol. The Morgan fingerprint density at radius 3 is 2.24 bits per heavy atom.